The van der Waals surface area contributed by atoms with Gasteiger partial charge in [-0.25, -0.2) is 9.59 Å². The molecule has 0 bridgehead atoms. The summed E-state index contributed by atoms with van der Waals surface area (Å²) in [5, 5.41) is 10.2. The molecule has 1 aromatic carbocycles. The number of carbonyl (C=O) groups is 3. The molecule has 0 aromatic heterocycles. The van der Waals surface area contributed by atoms with Crippen LogP contribution in [0.15, 0.2) is 47.0 Å². The Morgan fingerprint density at radius 2 is 1.77 bits per heavy atom. The van der Waals surface area contributed by atoms with Gasteiger partial charge in [-0.1, -0.05) is 27.4 Å². The van der Waals surface area contributed by atoms with Crippen molar-refractivity contribution >= 4 is 43.7 Å². The molecule has 0 unspecified atom stereocenters. The van der Waals surface area contributed by atoms with Gasteiger partial charge in [-0.15, -0.1) is 11.8 Å². The Labute approximate surface area is 240 Å². The summed E-state index contributed by atoms with van der Waals surface area (Å²) in [5.74, 6) is -1.61. The van der Waals surface area contributed by atoms with E-state index in [2.05, 4.69) is 40.4 Å². The number of likely N-dealkylation sites (tertiary alicyclic amines) is 1. The van der Waals surface area contributed by atoms with Gasteiger partial charge in [-0.3, -0.25) is 19.8 Å². The van der Waals surface area contributed by atoms with Crippen molar-refractivity contribution in [1.29, 1.82) is 0 Å². The number of carbonyl (C=O) groups excluding carboxylic acids is 3. The van der Waals surface area contributed by atoms with Gasteiger partial charge >= 0.3 is 12.1 Å². The minimum Gasteiger partial charge on any atom is -0.456 e. The molecule has 0 spiro atoms. The molecule has 40 heavy (non-hydrogen) atoms. The molecule has 1 aromatic rings. The number of hydrogen-bond acceptors (Lipinski definition) is 9. The lowest BCUT2D eigenvalue weighted by atomic mass is 9.91. The number of nitro benzene ring substituents is 1. The van der Waals surface area contributed by atoms with Gasteiger partial charge in [0.1, 0.15) is 24.3 Å². The van der Waals surface area contributed by atoms with Gasteiger partial charge in [0.15, 0.2) is 8.32 Å². The summed E-state index contributed by atoms with van der Waals surface area (Å²) in [6.45, 7) is 19.4. The molecule has 2 N–H and O–H groups in total. The fourth-order valence-electron chi connectivity index (χ4n) is 3.83. The minimum absolute atomic E-state index is 0.0771. The van der Waals surface area contributed by atoms with Crippen molar-refractivity contribution in [3.8, 4) is 0 Å². The zero-order valence-electron chi connectivity index (χ0n) is 24.3. The second-order valence-corrected chi connectivity index (χ2v) is 17.4. The van der Waals surface area contributed by atoms with Crippen molar-refractivity contribution in [2.75, 3.05) is 6.61 Å². The number of nitro groups is 1. The third-order valence-corrected chi connectivity index (χ3v) is 12.7. The van der Waals surface area contributed by atoms with Crippen LogP contribution in [0.4, 0.5) is 10.5 Å². The first-order chi connectivity index (χ1) is 18.4. The molecule has 2 rings (SSSR count). The average molecular weight is 594 g/mol. The van der Waals surface area contributed by atoms with Crippen LogP contribution in [-0.2, 0) is 30.1 Å². The highest BCUT2D eigenvalue weighted by molar-refractivity contribution is 8.03. The van der Waals surface area contributed by atoms with Crippen LogP contribution in [0, 0.1) is 16.0 Å². The Hall–Kier alpha value is -3.16. The number of benzene rings is 1. The predicted molar refractivity (Wildman–Crippen MR) is 155 cm³/mol. The predicted octanol–water partition coefficient (Wildman–Crippen LogP) is 5.47. The van der Waals surface area contributed by atoms with Gasteiger partial charge in [0.2, 0.25) is 5.91 Å². The lowest BCUT2D eigenvalue weighted by Crippen LogP contribution is -2.64. The number of esters is 1. The molecule has 1 heterocycles. The van der Waals surface area contributed by atoms with Gasteiger partial charge in [-0.2, -0.15) is 0 Å². The first-order valence-electron chi connectivity index (χ1n) is 12.7. The van der Waals surface area contributed by atoms with E-state index in [0.29, 0.717) is 16.0 Å². The molecule has 0 saturated carbocycles. The number of thioether (sulfide) groups is 1. The molecule has 13 heteroatoms. The number of allylic oxidation sites excluding steroid dienone is 1. The van der Waals surface area contributed by atoms with Crippen LogP contribution in [0.5, 0.6) is 0 Å². The number of nitrogens with zero attached hydrogens (tertiary/aromatic N) is 2. The van der Waals surface area contributed by atoms with Gasteiger partial charge in [0.05, 0.1) is 16.9 Å². The summed E-state index contributed by atoms with van der Waals surface area (Å²) in [6, 6.07) is 5.65. The number of rotatable bonds is 12. The first-order valence-corrected chi connectivity index (χ1v) is 16.5. The molecular weight excluding hydrogens is 554 g/mol. The maximum atomic E-state index is 13.6. The van der Waals surface area contributed by atoms with E-state index in [4.69, 9.17) is 19.6 Å². The molecule has 1 aliphatic heterocycles. The third-order valence-electron chi connectivity index (χ3n) is 6.96. The van der Waals surface area contributed by atoms with Crippen molar-refractivity contribution in [2.24, 2.45) is 11.7 Å². The number of β-lactam (4-membered cyclic amide) rings is 1. The lowest BCUT2D eigenvalue weighted by molar-refractivity contribution is -0.384. The Morgan fingerprint density at radius 1 is 1.20 bits per heavy atom. The highest BCUT2D eigenvalue weighted by Crippen LogP contribution is 2.46. The molecule has 1 saturated heterocycles. The largest absolute Gasteiger partial charge is 0.456 e. The van der Waals surface area contributed by atoms with Gasteiger partial charge in [0.25, 0.3) is 5.69 Å². The van der Waals surface area contributed by atoms with Crippen LogP contribution in [0.3, 0.4) is 0 Å². The Morgan fingerprint density at radius 3 is 2.25 bits per heavy atom. The Kier molecular flexibility index (Phi) is 10.7. The number of nitrogens with two attached hydrogens (primary N) is 1. The highest BCUT2D eigenvalue weighted by atomic mass is 32.2. The van der Waals surface area contributed by atoms with Crippen molar-refractivity contribution < 1.29 is 33.2 Å². The van der Waals surface area contributed by atoms with E-state index in [9.17, 15) is 24.5 Å². The number of primary amides is 1. The number of hydrogen-bond donors (Lipinski definition) is 1. The Balaban J connectivity index is 2.31. The van der Waals surface area contributed by atoms with E-state index in [-0.39, 0.29) is 35.5 Å². The van der Waals surface area contributed by atoms with E-state index < -0.39 is 42.7 Å². The van der Waals surface area contributed by atoms with E-state index in [1.165, 1.54) is 40.9 Å². The lowest BCUT2D eigenvalue weighted by Gasteiger charge is -2.51. The quantitative estimate of drug-likeness (QED) is 0.0830. The zero-order chi connectivity index (χ0) is 30.6. The van der Waals surface area contributed by atoms with E-state index in [1.807, 2.05) is 6.92 Å². The molecular formula is C27H39N3O8SSi. The maximum Gasteiger partial charge on any atom is 0.404 e. The minimum atomic E-state index is -2.23. The molecule has 0 aliphatic carbocycles. The van der Waals surface area contributed by atoms with Crippen LogP contribution in [0.25, 0.3) is 0 Å². The fraction of sp³-hybridized carbons (Fsp3) is 0.519. The summed E-state index contributed by atoms with van der Waals surface area (Å²) in [7, 11) is -2.23. The zero-order valence-corrected chi connectivity index (χ0v) is 26.1. The van der Waals surface area contributed by atoms with Crippen LogP contribution in [0.2, 0.25) is 18.1 Å². The van der Waals surface area contributed by atoms with E-state index in [1.54, 1.807) is 13.8 Å². The smallest absolute Gasteiger partial charge is 0.404 e. The second kappa shape index (κ2) is 13.0. The Bertz CT molecular complexity index is 1190. The molecule has 1 aliphatic rings. The van der Waals surface area contributed by atoms with E-state index >= 15 is 0 Å². The number of ether oxygens (including phenoxy) is 2. The molecule has 3 atom stereocenters. The molecule has 220 valence electrons. The van der Waals surface area contributed by atoms with Crippen molar-refractivity contribution in [2.45, 2.75) is 77.8 Å². The normalized spacial score (nSPS) is 17.9. The second-order valence-electron chi connectivity index (χ2n) is 11.3. The summed E-state index contributed by atoms with van der Waals surface area (Å²) in [6.07, 6.45) is -1.41. The van der Waals surface area contributed by atoms with E-state index in [0.717, 1.165) is 0 Å². The van der Waals surface area contributed by atoms with Crippen LogP contribution in [-0.4, -0.2) is 54.2 Å². The molecule has 11 nitrogen and oxygen atoms in total. The van der Waals surface area contributed by atoms with Crippen LogP contribution < -0.4 is 5.73 Å². The first kappa shape index (κ1) is 33.0. The summed E-state index contributed by atoms with van der Waals surface area (Å²) in [5.41, 5.74) is 6.21. The molecule has 1 fully saturated rings. The third kappa shape index (κ3) is 7.95. The SMILES string of the molecule is C=C(COC(N)=O)S[C@H]1[C@@H]([C@@H](C)O[Si](C)(C)C(C)(C)C)C(=O)N1C(C(=O)OCc1ccc([N+](=O)[O-])cc1)=C(C)C. The van der Waals surface area contributed by atoms with Crippen molar-refractivity contribution in [3.63, 3.8) is 0 Å². The van der Waals surface area contributed by atoms with Crippen molar-refractivity contribution in [3.05, 3.63) is 62.7 Å². The summed E-state index contributed by atoms with van der Waals surface area (Å²) >= 11 is 1.20. The van der Waals surface area contributed by atoms with Gasteiger partial charge < -0.3 is 19.6 Å². The fourth-order valence-corrected chi connectivity index (χ4v) is 6.53. The topological polar surface area (TPSA) is 151 Å². The number of non-ortho nitro benzene ring substituents is 1. The van der Waals surface area contributed by atoms with Gasteiger partial charge in [0, 0.05) is 17.0 Å². The monoisotopic (exact) mass is 593 g/mol. The van der Waals surface area contributed by atoms with Crippen molar-refractivity contribution in [1.82, 2.24) is 4.90 Å². The standard InChI is InChI=1S/C27H39N3O8SSi/c1-16(2)22(25(32)36-15-19-10-12-20(13-11-19)30(34)35)29-23(31)21(18(4)38-40(8,9)27(5,6)7)24(29)39-17(3)14-37-26(28)33/h10-13,18,21,24H,3,14-15H2,1-2,4-9H3,(H2,28,33)/t18-,21+,24+/m1/s1. The summed E-state index contributed by atoms with van der Waals surface area (Å²) < 4.78 is 16.9. The van der Waals surface area contributed by atoms with Gasteiger partial charge in [-0.05, 0) is 62.2 Å². The highest BCUT2D eigenvalue weighted by Gasteiger charge is 2.55. The van der Waals surface area contributed by atoms with Crippen LogP contribution >= 0.6 is 11.8 Å². The molecule has 2 amide bonds. The average Bonchev–Trinajstić information content (AvgIpc) is 2.83. The number of amides is 2. The van der Waals surface area contributed by atoms with Crippen LogP contribution in [0.1, 0.15) is 47.1 Å². The summed E-state index contributed by atoms with van der Waals surface area (Å²) in [4.78, 5) is 50.2. The maximum absolute atomic E-state index is 13.6. The molecule has 0 radical (unpaired) electrons.